The monoisotopic (exact) mass is 267 g/mol. The Kier molecular flexibility index (Phi) is 4.01. The molecule has 0 bridgehead atoms. The van der Waals surface area contributed by atoms with E-state index in [0.717, 1.165) is 11.8 Å². The third-order valence-corrected chi connectivity index (χ3v) is 3.25. The summed E-state index contributed by atoms with van der Waals surface area (Å²) in [5.41, 5.74) is 4.73. The first-order chi connectivity index (χ1) is 7.66. The van der Waals surface area contributed by atoms with Crippen LogP contribution in [0.5, 0.6) is 0 Å². The fraction of sp³-hybridized carbons (Fsp3) is 0.333. The second kappa shape index (κ2) is 4.94. The number of benzene rings is 1. The zero-order chi connectivity index (χ0) is 13.1. The second-order valence-electron chi connectivity index (χ2n) is 4.95. The molecule has 0 fully saturated rings. The molecular formula is C12H17NO2SSi. The van der Waals surface area contributed by atoms with E-state index in [9.17, 15) is 8.42 Å². The number of anilines is 1. The van der Waals surface area contributed by atoms with Gasteiger partial charge in [0.05, 0.1) is 6.26 Å². The summed E-state index contributed by atoms with van der Waals surface area (Å²) in [6, 6.07) is 7.08. The van der Waals surface area contributed by atoms with Gasteiger partial charge in [0.15, 0.2) is 0 Å². The molecule has 0 amide bonds. The predicted octanol–water partition coefficient (Wildman–Crippen LogP) is 2.29. The van der Waals surface area contributed by atoms with E-state index in [4.69, 9.17) is 0 Å². The molecule has 0 radical (unpaired) electrons. The minimum absolute atomic E-state index is 0.561. The number of hydrogen-bond donors (Lipinski definition) is 1. The van der Waals surface area contributed by atoms with Crippen molar-refractivity contribution in [3.05, 3.63) is 29.8 Å². The molecule has 0 saturated heterocycles. The predicted molar refractivity (Wildman–Crippen MR) is 75.1 cm³/mol. The van der Waals surface area contributed by atoms with Gasteiger partial charge in [-0.1, -0.05) is 25.6 Å². The summed E-state index contributed by atoms with van der Waals surface area (Å²) in [5.74, 6) is 3.11. The minimum atomic E-state index is -3.20. The van der Waals surface area contributed by atoms with E-state index >= 15 is 0 Å². The smallest absolute Gasteiger partial charge is 0.229 e. The third-order valence-electron chi connectivity index (χ3n) is 1.77. The standard InChI is InChI=1S/C12H17NO2SSi/c1-16(14,15)13-12-7-5-11(6-8-12)9-10-17(2,3)4/h5-8,13H,1-4H3. The Morgan fingerprint density at radius 3 is 2.06 bits per heavy atom. The van der Waals surface area contributed by atoms with Crippen LogP contribution in [-0.2, 0) is 10.0 Å². The van der Waals surface area contributed by atoms with E-state index < -0.39 is 18.1 Å². The quantitative estimate of drug-likeness (QED) is 0.660. The highest BCUT2D eigenvalue weighted by molar-refractivity contribution is 7.92. The highest BCUT2D eigenvalue weighted by Crippen LogP contribution is 2.10. The van der Waals surface area contributed by atoms with Gasteiger partial charge in [0.2, 0.25) is 10.0 Å². The van der Waals surface area contributed by atoms with Crippen LogP contribution in [0.1, 0.15) is 5.56 Å². The van der Waals surface area contributed by atoms with E-state index in [1.807, 2.05) is 12.1 Å². The van der Waals surface area contributed by atoms with Gasteiger partial charge < -0.3 is 0 Å². The highest BCUT2D eigenvalue weighted by Gasteiger charge is 2.07. The van der Waals surface area contributed by atoms with Crippen LogP contribution in [-0.4, -0.2) is 22.7 Å². The number of hydrogen-bond acceptors (Lipinski definition) is 2. The summed E-state index contributed by atoms with van der Waals surface area (Å²) < 4.78 is 24.4. The lowest BCUT2D eigenvalue weighted by molar-refractivity contribution is 0.607. The molecule has 0 unspecified atom stereocenters. The molecule has 1 aromatic carbocycles. The Bertz CT molecular complexity index is 545. The van der Waals surface area contributed by atoms with Crippen LogP contribution < -0.4 is 4.72 Å². The fourth-order valence-corrected chi connectivity index (χ4v) is 2.18. The molecule has 1 N–H and O–H groups in total. The minimum Gasteiger partial charge on any atom is -0.284 e. The van der Waals surface area contributed by atoms with Gasteiger partial charge in [0.1, 0.15) is 8.07 Å². The Morgan fingerprint density at radius 2 is 1.65 bits per heavy atom. The van der Waals surface area contributed by atoms with Crippen LogP contribution in [0.3, 0.4) is 0 Å². The fourth-order valence-electron chi connectivity index (χ4n) is 1.10. The Hall–Kier alpha value is -1.25. The van der Waals surface area contributed by atoms with E-state index in [0.29, 0.717) is 5.69 Å². The van der Waals surface area contributed by atoms with Crippen molar-refractivity contribution in [3.63, 3.8) is 0 Å². The molecule has 0 aliphatic heterocycles. The van der Waals surface area contributed by atoms with Crippen molar-refractivity contribution in [1.29, 1.82) is 0 Å². The van der Waals surface area contributed by atoms with Gasteiger partial charge in [0, 0.05) is 11.3 Å². The zero-order valence-corrected chi connectivity index (χ0v) is 12.4. The molecule has 0 aliphatic rings. The highest BCUT2D eigenvalue weighted by atomic mass is 32.2. The van der Waals surface area contributed by atoms with E-state index in [-0.39, 0.29) is 0 Å². The van der Waals surface area contributed by atoms with Crippen LogP contribution in [0.2, 0.25) is 19.6 Å². The van der Waals surface area contributed by atoms with Gasteiger partial charge in [-0.25, -0.2) is 8.42 Å². The molecule has 0 aromatic heterocycles. The Balaban J connectivity index is 2.85. The van der Waals surface area contributed by atoms with Gasteiger partial charge in [0.25, 0.3) is 0 Å². The zero-order valence-electron chi connectivity index (χ0n) is 10.5. The summed E-state index contributed by atoms with van der Waals surface area (Å²) in [7, 11) is -4.57. The molecule has 0 aliphatic carbocycles. The SMILES string of the molecule is C[Si](C)(C)C#Cc1ccc(NS(C)(=O)=O)cc1. The first-order valence-electron chi connectivity index (χ1n) is 5.27. The lowest BCUT2D eigenvalue weighted by Crippen LogP contribution is -2.16. The average Bonchev–Trinajstić information content (AvgIpc) is 2.13. The van der Waals surface area contributed by atoms with Crippen LogP contribution in [0.15, 0.2) is 24.3 Å². The average molecular weight is 267 g/mol. The molecule has 5 heteroatoms. The molecule has 0 spiro atoms. The largest absolute Gasteiger partial charge is 0.284 e. The Labute approximate surface area is 104 Å². The molecule has 1 rings (SSSR count). The van der Waals surface area contributed by atoms with Crippen molar-refractivity contribution >= 4 is 23.8 Å². The Morgan fingerprint density at radius 1 is 1.12 bits per heavy atom. The third kappa shape index (κ3) is 6.14. The van der Waals surface area contributed by atoms with E-state index in [1.54, 1.807) is 12.1 Å². The molecule has 3 nitrogen and oxygen atoms in total. The van der Waals surface area contributed by atoms with Crippen molar-refractivity contribution in [2.75, 3.05) is 11.0 Å². The summed E-state index contributed by atoms with van der Waals surface area (Å²) in [6.07, 6.45) is 1.13. The van der Waals surface area contributed by atoms with Crippen LogP contribution in [0.25, 0.3) is 0 Å². The summed E-state index contributed by atoms with van der Waals surface area (Å²) in [6.45, 7) is 6.54. The number of rotatable bonds is 2. The van der Waals surface area contributed by atoms with E-state index in [1.165, 1.54) is 0 Å². The van der Waals surface area contributed by atoms with Gasteiger partial charge >= 0.3 is 0 Å². The van der Waals surface area contributed by atoms with Gasteiger partial charge in [-0.2, -0.15) is 0 Å². The van der Waals surface area contributed by atoms with E-state index in [2.05, 4.69) is 35.8 Å². The molecule has 17 heavy (non-hydrogen) atoms. The summed E-state index contributed by atoms with van der Waals surface area (Å²) in [4.78, 5) is 0. The van der Waals surface area contributed by atoms with Crippen molar-refractivity contribution in [1.82, 2.24) is 0 Å². The van der Waals surface area contributed by atoms with Crippen LogP contribution in [0.4, 0.5) is 5.69 Å². The van der Waals surface area contributed by atoms with Crippen LogP contribution in [0, 0.1) is 11.5 Å². The van der Waals surface area contributed by atoms with Crippen molar-refractivity contribution in [3.8, 4) is 11.5 Å². The van der Waals surface area contributed by atoms with Crippen molar-refractivity contribution in [2.24, 2.45) is 0 Å². The van der Waals surface area contributed by atoms with Crippen LogP contribution >= 0.6 is 0 Å². The lowest BCUT2D eigenvalue weighted by atomic mass is 10.2. The molecule has 1 aromatic rings. The number of sulfonamides is 1. The molecule has 0 saturated carbocycles. The summed E-state index contributed by atoms with van der Waals surface area (Å²) in [5, 5.41) is 0. The van der Waals surface area contributed by atoms with Crippen molar-refractivity contribution in [2.45, 2.75) is 19.6 Å². The molecule has 0 heterocycles. The lowest BCUT2D eigenvalue weighted by Gasteiger charge is -2.04. The molecular weight excluding hydrogens is 250 g/mol. The van der Waals surface area contributed by atoms with Gasteiger partial charge in [-0.05, 0) is 24.3 Å². The maximum absolute atomic E-state index is 11.0. The molecule has 0 atom stereocenters. The second-order valence-corrected chi connectivity index (χ2v) is 11.5. The summed E-state index contributed by atoms with van der Waals surface area (Å²) >= 11 is 0. The topological polar surface area (TPSA) is 46.2 Å². The normalized spacial score (nSPS) is 11.5. The number of nitrogens with one attached hydrogen (secondary N) is 1. The first kappa shape index (κ1) is 13.8. The van der Waals surface area contributed by atoms with Gasteiger partial charge in [-0.15, -0.1) is 5.54 Å². The van der Waals surface area contributed by atoms with Crippen molar-refractivity contribution < 1.29 is 8.42 Å². The maximum atomic E-state index is 11.0. The maximum Gasteiger partial charge on any atom is 0.229 e. The molecule has 92 valence electrons. The van der Waals surface area contributed by atoms with Gasteiger partial charge in [-0.3, -0.25) is 4.72 Å². The first-order valence-corrected chi connectivity index (χ1v) is 10.7.